The fourth-order valence-electron chi connectivity index (χ4n) is 5.06. The molecule has 202 valence electrons. The first-order chi connectivity index (χ1) is 19.2. The first kappa shape index (κ1) is 27.3. The monoisotopic (exact) mass is 673 g/mol. The van der Waals surface area contributed by atoms with Gasteiger partial charge in [0, 0.05) is 21.0 Å². The lowest BCUT2D eigenvalue weighted by Crippen LogP contribution is -2.33. The maximum Gasteiger partial charge on any atom is 0.308 e. The first-order valence-corrected chi connectivity index (χ1v) is 15.3. The number of imide groups is 1. The zero-order valence-corrected chi connectivity index (χ0v) is 25.1. The number of aromatic nitrogens is 1. The Kier molecular flexibility index (Phi) is 7.39. The van der Waals surface area contributed by atoms with Gasteiger partial charge in [0.2, 0.25) is 17.7 Å². The van der Waals surface area contributed by atoms with Crippen LogP contribution in [0.5, 0.6) is 0 Å². The minimum atomic E-state index is -0.762. The summed E-state index contributed by atoms with van der Waals surface area (Å²) in [4.78, 5) is 55.4. The van der Waals surface area contributed by atoms with E-state index in [4.69, 9.17) is 23.2 Å². The van der Waals surface area contributed by atoms with Gasteiger partial charge >= 0.3 is 4.87 Å². The maximum absolute atomic E-state index is 13.9. The largest absolute Gasteiger partial charge is 0.324 e. The molecule has 3 aromatic carbocycles. The molecule has 0 aliphatic carbocycles. The molecule has 3 heterocycles. The van der Waals surface area contributed by atoms with Crippen molar-refractivity contribution >= 4 is 91.3 Å². The number of amides is 3. The number of halogens is 3. The smallest absolute Gasteiger partial charge is 0.308 e. The van der Waals surface area contributed by atoms with Crippen LogP contribution in [-0.4, -0.2) is 27.5 Å². The number of hydrogen-bond acceptors (Lipinski definition) is 6. The van der Waals surface area contributed by atoms with Crippen LogP contribution in [0, 0.1) is 5.92 Å². The normalized spacial score (nSPS) is 19.9. The quantitative estimate of drug-likeness (QED) is 0.247. The Morgan fingerprint density at radius 3 is 2.42 bits per heavy atom. The molecule has 12 heteroatoms. The Hall–Kier alpha value is -2.89. The van der Waals surface area contributed by atoms with E-state index >= 15 is 0 Å². The van der Waals surface area contributed by atoms with Crippen molar-refractivity contribution in [3.8, 4) is 0 Å². The summed E-state index contributed by atoms with van der Waals surface area (Å²) >= 11 is 17.7. The van der Waals surface area contributed by atoms with Crippen LogP contribution < -0.4 is 15.1 Å². The summed E-state index contributed by atoms with van der Waals surface area (Å²) in [6, 6.07) is 21.0. The number of carbonyl (C=O) groups is 3. The van der Waals surface area contributed by atoms with Gasteiger partial charge in [-0.15, -0.1) is 0 Å². The van der Waals surface area contributed by atoms with Crippen LogP contribution in [0.25, 0.3) is 0 Å². The van der Waals surface area contributed by atoms with Gasteiger partial charge < -0.3 is 5.32 Å². The Labute approximate surface area is 255 Å². The SMILES string of the molecule is O=C(Cn1c2c(sc1=O)[C@@H](c1cccc(Br)c1)[C@@H]1C(=O)N(c3ccccc3)C(=O)[C@@H]1S2)Nc1ccc(Cl)c(Cl)c1. The van der Waals surface area contributed by atoms with E-state index in [0.717, 1.165) is 21.4 Å². The molecule has 40 heavy (non-hydrogen) atoms. The standard InChI is InChI=1S/C28H18BrCl2N3O4S2/c29-15-6-4-5-14(11-15)21-22-23(26(37)34(25(22)36)17-7-2-1-3-8-17)39-27-24(21)40-28(38)33(27)13-20(35)32-16-9-10-18(30)19(31)12-16/h1-12,21-23H,13H2,(H,32,35)/t21-,22-,23+/m0/s1. The molecule has 2 aliphatic heterocycles. The van der Waals surface area contributed by atoms with Gasteiger partial charge in [0.1, 0.15) is 11.8 Å². The van der Waals surface area contributed by atoms with Crippen molar-refractivity contribution in [1.29, 1.82) is 0 Å². The van der Waals surface area contributed by atoms with E-state index in [1.54, 1.807) is 36.4 Å². The van der Waals surface area contributed by atoms with Crippen molar-refractivity contribution < 1.29 is 14.4 Å². The third kappa shape index (κ3) is 4.81. The van der Waals surface area contributed by atoms with Crippen molar-refractivity contribution in [3.63, 3.8) is 0 Å². The minimum absolute atomic E-state index is 0.273. The number of benzene rings is 3. The minimum Gasteiger partial charge on any atom is -0.324 e. The number of para-hydroxylation sites is 1. The molecule has 2 aliphatic rings. The molecule has 4 aromatic rings. The molecule has 1 N–H and O–H groups in total. The summed E-state index contributed by atoms with van der Waals surface area (Å²) in [7, 11) is 0. The number of thioether (sulfide) groups is 1. The van der Waals surface area contributed by atoms with Crippen LogP contribution in [-0.2, 0) is 20.9 Å². The van der Waals surface area contributed by atoms with Gasteiger partial charge in [-0.3, -0.25) is 23.7 Å². The first-order valence-electron chi connectivity index (χ1n) is 12.1. The molecule has 3 atom stereocenters. The van der Waals surface area contributed by atoms with Gasteiger partial charge in [-0.2, -0.15) is 0 Å². The Morgan fingerprint density at radius 1 is 0.925 bits per heavy atom. The Balaban J connectivity index is 1.40. The zero-order chi connectivity index (χ0) is 28.1. The predicted octanol–water partition coefficient (Wildman–Crippen LogP) is 6.41. The maximum atomic E-state index is 13.9. The summed E-state index contributed by atoms with van der Waals surface area (Å²) in [6.07, 6.45) is 0. The van der Waals surface area contributed by atoms with Gasteiger partial charge in [-0.1, -0.05) is 92.6 Å². The van der Waals surface area contributed by atoms with Crippen molar-refractivity contribution in [2.75, 3.05) is 10.2 Å². The molecule has 1 saturated heterocycles. The van der Waals surface area contributed by atoms with Crippen molar-refractivity contribution in [2.45, 2.75) is 22.7 Å². The van der Waals surface area contributed by atoms with Gasteiger partial charge in [0.25, 0.3) is 0 Å². The molecular weight excluding hydrogens is 657 g/mol. The molecule has 7 nitrogen and oxygen atoms in total. The third-order valence-electron chi connectivity index (χ3n) is 6.78. The molecular formula is C28H18BrCl2N3O4S2. The molecule has 0 spiro atoms. The van der Waals surface area contributed by atoms with Gasteiger partial charge in [0.15, 0.2) is 0 Å². The van der Waals surface area contributed by atoms with E-state index in [2.05, 4.69) is 21.2 Å². The molecule has 0 radical (unpaired) electrons. The van der Waals surface area contributed by atoms with E-state index in [1.807, 2.05) is 30.3 Å². The number of thiazole rings is 1. The van der Waals surface area contributed by atoms with E-state index in [0.29, 0.717) is 26.3 Å². The van der Waals surface area contributed by atoms with E-state index < -0.39 is 23.0 Å². The highest BCUT2D eigenvalue weighted by Crippen LogP contribution is 2.54. The number of anilines is 2. The molecule has 0 unspecified atom stereocenters. The molecule has 1 fully saturated rings. The number of fused-ring (bicyclic) bond motifs is 2. The number of carbonyl (C=O) groups excluding carboxylic acids is 3. The lowest BCUT2D eigenvalue weighted by Gasteiger charge is -2.30. The van der Waals surface area contributed by atoms with Gasteiger partial charge in [-0.25, -0.2) is 4.90 Å². The van der Waals surface area contributed by atoms with Gasteiger partial charge in [-0.05, 0) is 48.0 Å². The van der Waals surface area contributed by atoms with Crippen LogP contribution in [0.2, 0.25) is 10.0 Å². The summed E-state index contributed by atoms with van der Waals surface area (Å²) in [5.41, 5.74) is 1.74. The summed E-state index contributed by atoms with van der Waals surface area (Å²) in [5, 5.41) is 3.14. The van der Waals surface area contributed by atoms with Crippen molar-refractivity contribution in [2.24, 2.45) is 5.92 Å². The fraction of sp³-hybridized carbons (Fsp3) is 0.143. The van der Waals surface area contributed by atoms with Crippen LogP contribution in [0.1, 0.15) is 16.4 Å². The lowest BCUT2D eigenvalue weighted by atomic mass is 9.83. The third-order valence-corrected chi connectivity index (χ3v) is 10.6. The van der Waals surface area contributed by atoms with Crippen molar-refractivity contribution in [1.82, 2.24) is 4.57 Å². The fourth-order valence-corrected chi connectivity index (χ4v) is 8.55. The number of hydrogen-bond donors (Lipinski definition) is 1. The highest BCUT2D eigenvalue weighted by atomic mass is 79.9. The highest BCUT2D eigenvalue weighted by molar-refractivity contribution is 9.10. The van der Waals surface area contributed by atoms with Crippen molar-refractivity contribution in [3.05, 3.63) is 107 Å². The molecule has 1 aromatic heterocycles. The molecule has 0 saturated carbocycles. The second kappa shape index (κ2) is 10.8. The van der Waals surface area contributed by atoms with Crippen LogP contribution >= 0.6 is 62.2 Å². The van der Waals surface area contributed by atoms with E-state index in [9.17, 15) is 19.2 Å². The Bertz CT molecular complexity index is 1740. The molecule has 0 bridgehead atoms. The molecule has 3 amide bonds. The summed E-state index contributed by atoms with van der Waals surface area (Å²) in [6.45, 7) is -0.273. The van der Waals surface area contributed by atoms with Crippen LogP contribution in [0.15, 0.2) is 87.1 Å². The van der Waals surface area contributed by atoms with E-state index in [1.165, 1.54) is 27.3 Å². The average Bonchev–Trinajstić information content (AvgIpc) is 3.37. The average molecular weight is 675 g/mol. The number of rotatable bonds is 5. The predicted molar refractivity (Wildman–Crippen MR) is 162 cm³/mol. The van der Waals surface area contributed by atoms with Crippen LogP contribution in [0.4, 0.5) is 11.4 Å². The second-order valence-electron chi connectivity index (χ2n) is 9.24. The lowest BCUT2D eigenvalue weighted by molar-refractivity contribution is -0.122. The summed E-state index contributed by atoms with van der Waals surface area (Å²) < 4.78 is 2.19. The summed E-state index contributed by atoms with van der Waals surface area (Å²) in [5.74, 6) is -2.35. The Morgan fingerprint density at radius 2 is 1.70 bits per heavy atom. The van der Waals surface area contributed by atoms with Crippen LogP contribution in [0.3, 0.4) is 0 Å². The highest BCUT2D eigenvalue weighted by Gasteiger charge is 2.56. The number of nitrogens with one attached hydrogen (secondary N) is 1. The number of nitrogens with zero attached hydrogens (tertiary/aromatic N) is 2. The molecule has 6 rings (SSSR count). The van der Waals surface area contributed by atoms with E-state index in [-0.39, 0.29) is 28.3 Å². The zero-order valence-electron chi connectivity index (χ0n) is 20.3. The van der Waals surface area contributed by atoms with Gasteiger partial charge in [0.05, 0.1) is 26.7 Å². The second-order valence-corrected chi connectivity index (χ2v) is 13.1. The topological polar surface area (TPSA) is 88.5 Å².